The van der Waals surface area contributed by atoms with E-state index in [9.17, 15) is 27.9 Å². The van der Waals surface area contributed by atoms with E-state index >= 15 is 0 Å². The summed E-state index contributed by atoms with van der Waals surface area (Å²) >= 11 is 1.19. The Bertz CT molecular complexity index is 1970. The quantitative estimate of drug-likeness (QED) is 0.166. The number of fused-ring (bicyclic) bond motifs is 2. The van der Waals surface area contributed by atoms with Gasteiger partial charge in [0.15, 0.2) is 0 Å². The van der Waals surface area contributed by atoms with Crippen LogP contribution in [0.5, 0.6) is 11.5 Å². The third kappa shape index (κ3) is 5.73. The fraction of sp³-hybridized carbons (Fsp3) is 0.312. The molecule has 0 saturated heterocycles. The maximum absolute atomic E-state index is 14.7. The number of carbonyl (C=O) groups is 2. The Morgan fingerprint density at radius 3 is 2.72 bits per heavy atom. The summed E-state index contributed by atoms with van der Waals surface area (Å²) in [5.74, 6) is -1.46. The first-order valence-corrected chi connectivity index (χ1v) is 15.4. The van der Waals surface area contributed by atoms with Gasteiger partial charge in [-0.3, -0.25) is 9.59 Å². The monoisotopic (exact) mass is 653 g/mol. The molecule has 46 heavy (non-hydrogen) atoms. The zero-order chi connectivity index (χ0) is 32.7. The molecule has 4 N–H and O–H groups in total. The number of nitrogens with zero attached hydrogens (tertiary/aromatic N) is 3. The molecule has 0 aliphatic heterocycles. The molecule has 1 atom stereocenters. The molecule has 0 bridgehead atoms. The van der Waals surface area contributed by atoms with Crippen LogP contribution >= 0.6 is 11.3 Å². The molecule has 2 amide bonds. The molecule has 3 heterocycles. The fourth-order valence-electron chi connectivity index (χ4n) is 5.65. The van der Waals surface area contributed by atoms with Crippen LogP contribution in [0.4, 0.5) is 13.2 Å². The maximum Gasteiger partial charge on any atom is 0.333 e. The van der Waals surface area contributed by atoms with E-state index < -0.39 is 29.8 Å². The van der Waals surface area contributed by atoms with Gasteiger partial charge >= 0.3 is 6.55 Å². The summed E-state index contributed by atoms with van der Waals surface area (Å²) in [5.41, 5.74) is 5.65. The van der Waals surface area contributed by atoms with Crippen LogP contribution in [0.25, 0.3) is 32.2 Å². The molecule has 1 saturated carbocycles. The van der Waals surface area contributed by atoms with Gasteiger partial charge in [0, 0.05) is 39.0 Å². The minimum atomic E-state index is -2.88. The maximum atomic E-state index is 14.7. The highest BCUT2D eigenvalue weighted by Gasteiger charge is 2.47. The van der Waals surface area contributed by atoms with Crippen molar-refractivity contribution < 1.29 is 37.3 Å². The van der Waals surface area contributed by atoms with E-state index in [-0.39, 0.29) is 53.4 Å². The molecular weight excluding hydrogens is 623 g/mol. The number of ether oxygens (including phenoxy) is 2. The fourth-order valence-corrected chi connectivity index (χ4v) is 6.61. The van der Waals surface area contributed by atoms with E-state index in [1.807, 2.05) is 0 Å². The number of hydrogen-bond acceptors (Lipinski definition) is 8. The third-order valence-corrected chi connectivity index (χ3v) is 9.00. The van der Waals surface area contributed by atoms with E-state index in [1.54, 1.807) is 30.5 Å². The number of primary amides is 1. The number of carbonyl (C=O) groups excluding carboxylic acids is 2. The number of halogens is 3. The summed E-state index contributed by atoms with van der Waals surface area (Å²) in [7, 11) is 1.34. The molecular formula is C32H30F3N5O5S. The summed E-state index contributed by atoms with van der Waals surface area (Å²) in [5, 5.41) is 21.4. The lowest BCUT2D eigenvalue weighted by atomic mass is 9.90. The minimum absolute atomic E-state index is 0.109. The Balaban J connectivity index is 1.41. The average Bonchev–Trinajstić information content (AvgIpc) is 3.65. The highest BCUT2D eigenvalue weighted by Crippen LogP contribution is 2.48. The molecule has 5 aromatic rings. The topological polar surface area (TPSA) is 142 Å². The molecule has 1 aliphatic rings. The Morgan fingerprint density at radius 1 is 1.26 bits per heavy atom. The first-order chi connectivity index (χ1) is 22.0. The van der Waals surface area contributed by atoms with Crippen molar-refractivity contribution in [2.24, 2.45) is 11.7 Å². The van der Waals surface area contributed by atoms with Gasteiger partial charge in [0.1, 0.15) is 34.1 Å². The average molecular weight is 654 g/mol. The first-order valence-electron chi connectivity index (χ1n) is 14.5. The SMILES string of the molecule is CCOc1c(CC(N)=O)cc([C@@](O)(CNC(=O)c2cc(OC)c3nn(C(F)F)cc3c2)C2CC2)nc1-c1csc2c(F)cccc12. The third-order valence-electron chi connectivity index (χ3n) is 8.00. The second-order valence-electron chi connectivity index (χ2n) is 11.1. The number of pyridine rings is 1. The molecule has 14 heteroatoms. The van der Waals surface area contributed by atoms with E-state index in [2.05, 4.69) is 10.4 Å². The molecule has 0 radical (unpaired) electrons. The van der Waals surface area contributed by atoms with E-state index in [4.69, 9.17) is 20.2 Å². The van der Waals surface area contributed by atoms with Crippen LogP contribution in [-0.4, -0.2) is 51.9 Å². The number of benzene rings is 2. The minimum Gasteiger partial charge on any atom is -0.494 e. The summed E-state index contributed by atoms with van der Waals surface area (Å²) in [6.45, 7) is -1.12. The van der Waals surface area contributed by atoms with Crippen LogP contribution in [0.3, 0.4) is 0 Å². The Hall–Kier alpha value is -4.69. The molecule has 10 nitrogen and oxygen atoms in total. The molecule has 0 spiro atoms. The molecule has 2 aromatic carbocycles. The number of aliphatic hydroxyl groups is 1. The van der Waals surface area contributed by atoms with E-state index in [0.29, 0.717) is 50.2 Å². The normalized spacial score (nSPS) is 14.5. The van der Waals surface area contributed by atoms with Crippen molar-refractivity contribution in [3.8, 4) is 22.8 Å². The lowest BCUT2D eigenvalue weighted by molar-refractivity contribution is -0.117. The van der Waals surface area contributed by atoms with E-state index in [1.165, 1.54) is 36.6 Å². The Kier molecular flexibility index (Phi) is 8.33. The molecule has 1 fully saturated rings. The zero-order valence-corrected chi connectivity index (χ0v) is 25.7. The predicted molar refractivity (Wildman–Crippen MR) is 166 cm³/mol. The van der Waals surface area contributed by atoms with Crippen molar-refractivity contribution in [1.82, 2.24) is 20.1 Å². The number of hydrogen-bond donors (Lipinski definition) is 3. The largest absolute Gasteiger partial charge is 0.494 e. The molecule has 3 aromatic heterocycles. The molecule has 6 rings (SSSR count). The van der Waals surface area contributed by atoms with Gasteiger partial charge in [0.2, 0.25) is 5.91 Å². The van der Waals surface area contributed by atoms with Crippen molar-refractivity contribution in [1.29, 1.82) is 0 Å². The smallest absolute Gasteiger partial charge is 0.333 e. The lowest BCUT2D eigenvalue weighted by Crippen LogP contribution is -2.43. The van der Waals surface area contributed by atoms with Gasteiger partial charge in [-0.2, -0.15) is 13.9 Å². The molecule has 1 aliphatic carbocycles. The van der Waals surface area contributed by atoms with Crippen molar-refractivity contribution >= 4 is 44.1 Å². The van der Waals surface area contributed by atoms with Gasteiger partial charge in [-0.1, -0.05) is 12.1 Å². The van der Waals surface area contributed by atoms with Gasteiger partial charge in [0.05, 0.1) is 37.1 Å². The van der Waals surface area contributed by atoms with Gasteiger partial charge in [-0.15, -0.1) is 11.3 Å². The zero-order valence-electron chi connectivity index (χ0n) is 24.9. The number of methoxy groups -OCH3 is 1. The lowest BCUT2D eigenvalue weighted by Gasteiger charge is -2.30. The number of amides is 2. The first kappa shape index (κ1) is 31.3. The van der Waals surface area contributed by atoms with Crippen molar-refractivity contribution in [2.45, 2.75) is 38.3 Å². The standard InChI is InChI=1S/C32H30F3N5O5S/c1-3-45-28-16(12-25(36)41)11-24(38-27(28)21-14-46-29-20(21)5-4-6-22(29)33)32(43,19-7-8-19)15-37-30(42)17-9-18-13-40(31(34)35)39-26(18)23(10-17)44-2/h4-6,9-11,13-14,19,31,43H,3,7-8,12,15H2,1-2H3,(H2,36,41)(H,37,42)/t32-/m1/s1. The van der Waals surface area contributed by atoms with Crippen molar-refractivity contribution in [3.05, 3.63) is 70.6 Å². The van der Waals surface area contributed by atoms with Gasteiger partial charge in [0.25, 0.3) is 5.91 Å². The second-order valence-corrected chi connectivity index (χ2v) is 12.0. The van der Waals surface area contributed by atoms with Crippen LogP contribution in [0, 0.1) is 11.7 Å². The number of aromatic nitrogens is 3. The Morgan fingerprint density at radius 2 is 2.04 bits per heavy atom. The highest BCUT2D eigenvalue weighted by atomic mass is 32.1. The molecule has 0 unspecified atom stereocenters. The van der Waals surface area contributed by atoms with Crippen LogP contribution in [0.1, 0.15) is 47.9 Å². The highest BCUT2D eigenvalue weighted by molar-refractivity contribution is 7.17. The summed E-state index contributed by atoms with van der Waals surface area (Å²) in [6.07, 6.45) is 2.21. The number of alkyl halides is 2. The van der Waals surface area contributed by atoms with Gasteiger partial charge < -0.3 is 25.6 Å². The predicted octanol–water partition coefficient (Wildman–Crippen LogP) is 5.31. The summed E-state index contributed by atoms with van der Waals surface area (Å²) in [6, 6.07) is 9.06. The molecule has 240 valence electrons. The van der Waals surface area contributed by atoms with Crippen LogP contribution in [-0.2, 0) is 16.8 Å². The summed E-state index contributed by atoms with van der Waals surface area (Å²) in [4.78, 5) is 30.4. The number of nitrogens with two attached hydrogens (primary N) is 1. The summed E-state index contributed by atoms with van der Waals surface area (Å²) < 4.78 is 53.4. The number of rotatable bonds is 12. The van der Waals surface area contributed by atoms with Crippen molar-refractivity contribution in [3.63, 3.8) is 0 Å². The van der Waals surface area contributed by atoms with Crippen LogP contribution in [0.2, 0.25) is 0 Å². The second kappa shape index (κ2) is 12.2. The number of thiophene rings is 1. The van der Waals surface area contributed by atoms with Crippen LogP contribution < -0.4 is 20.5 Å². The number of nitrogens with one attached hydrogen (secondary N) is 1. The van der Waals surface area contributed by atoms with Gasteiger partial charge in [-0.25, -0.2) is 14.1 Å². The van der Waals surface area contributed by atoms with E-state index in [0.717, 1.165) is 6.20 Å². The van der Waals surface area contributed by atoms with Crippen molar-refractivity contribution in [2.75, 3.05) is 20.3 Å². The van der Waals surface area contributed by atoms with Gasteiger partial charge in [-0.05, 0) is 49.9 Å². The Labute approximate surface area is 264 Å². The van der Waals surface area contributed by atoms with Crippen LogP contribution in [0.15, 0.2) is 48.0 Å².